The number of ether oxygens (including phenoxy) is 1. The van der Waals surface area contributed by atoms with Gasteiger partial charge in [-0.3, -0.25) is 0 Å². The average molecular weight is 357 g/mol. The van der Waals surface area contributed by atoms with Crippen LogP contribution in [0.2, 0.25) is 0 Å². The van der Waals surface area contributed by atoms with Crippen LogP contribution >= 0.6 is 0 Å². The second-order valence-corrected chi connectivity index (χ2v) is 7.90. The fourth-order valence-electron chi connectivity index (χ4n) is 3.59. The number of likely N-dealkylation sites (tertiary alicyclic amines) is 1. The molecule has 9 nitrogen and oxygen atoms in total. The van der Waals surface area contributed by atoms with Gasteiger partial charge in [-0.25, -0.2) is 14.5 Å². The molecule has 0 radical (unpaired) electrons. The van der Waals surface area contributed by atoms with Gasteiger partial charge in [0.15, 0.2) is 11.6 Å². The van der Waals surface area contributed by atoms with Gasteiger partial charge >= 0.3 is 6.09 Å². The van der Waals surface area contributed by atoms with Gasteiger partial charge in [0.2, 0.25) is 0 Å². The van der Waals surface area contributed by atoms with Gasteiger partial charge < -0.3 is 14.5 Å². The van der Waals surface area contributed by atoms with E-state index in [4.69, 9.17) is 4.74 Å². The van der Waals surface area contributed by atoms with E-state index in [2.05, 4.69) is 25.2 Å². The van der Waals surface area contributed by atoms with E-state index in [1.165, 1.54) is 6.33 Å². The van der Waals surface area contributed by atoms with Gasteiger partial charge in [-0.1, -0.05) is 0 Å². The van der Waals surface area contributed by atoms with Crippen LogP contribution in [0.15, 0.2) is 24.8 Å². The van der Waals surface area contributed by atoms with Crippen LogP contribution in [0.4, 0.5) is 10.6 Å². The zero-order valence-electron chi connectivity index (χ0n) is 15.2. The van der Waals surface area contributed by atoms with Crippen LogP contribution in [0.25, 0.3) is 5.82 Å². The van der Waals surface area contributed by atoms with Crippen LogP contribution in [0.1, 0.15) is 20.8 Å². The number of fused-ring (bicyclic) bond motifs is 1. The molecule has 2 saturated heterocycles. The smallest absolute Gasteiger partial charge is 0.410 e. The fourth-order valence-corrected chi connectivity index (χ4v) is 3.59. The molecule has 2 aliphatic rings. The van der Waals surface area contributed by atoms with Crippen molar-refractivity contribution >= 4 is 11.9 Å². The Labute approximate surface area is 152 Å². The molecule has 2 fully saturated rings. The van der Waals surface area contributed by atoms with Crippen molar-refractivity contribution in [3.63, 3.8) is 0 Å². The van der Waals surface area contributed by atoms with Gasteiger partial charge in [-0.05, 0) is 32.9 Å². The number of aromatic nitrogens is 5. The number of carbonyl (C=O) groups is 1. The number of amides is 1. The maximum Gasteiger partial charge on any atom is 0.410 e. The average Bonchev–Trinajstić information content (AvgIpc) is 3.29. The standard InChI is InChI=1S/C17H23N7O2/c1-17(2,3)26-16(25)23-8-12-6-22(7-13(12)9-23)14-4-5-15(21-20-14)24-11-18-10-19-24/h4-5,10-13H,6-9H2,1-3H3. The predicted octanol–water partition coefficient (Wildman–Crippen LogP) is 1.36. The minimum atomic E-state index is -0.456. The van der Waals surface area contributed by atoms with E-state index in [1.807, 2.05) is 37.8 Å². The van der Waals surface area contributed by atoms with E-state index < -0.39 is 5.60 Å². The summed E-state index contributed by atoms with van der Waals surface area (Å²) in [5, 5.41) is 12.6. The van der Waals surface area contributed by atoms with Crippen LogP contribution in [0.5, 0.6) is 0 Å². The highest BCUT2D eigenvalue weighted by Crippen LogP contribution is 2.33. The van der Waals surface area contributed by atoms with Crippen molar-refractivity contribution in [3.05, 3.63) is 24.8 Å². The van der Waals surface area contributed by atoms with Crippen LogP contribution in [0, 0.1) is 11.8 Å². The molecule has 0 aromatic carbocycles. The van der Waals surface area contributed by atoms with E-state index in [0.29, 0.717) is 17.7 Å². The highest BCUT2D eigenvalue weighted by atomic mass is 16.6. The van der Waals surface area contributed by atoms with Crippen LogP contribution in [-0.4, -0.2) is 67.7 Å². The van der Waals surface area contributed by atoms with Crippen molar-refractivity contribution in [2.24, 2.45) is 11.8 Å². The number of carbonyl (C=O) groups excluding carboxylic acids is 1. The Balaban J connectivity index is 1.37. The number of rotatable bonds is 2. The Morgan fingerprint density at radius 2 is 1.73 bits per heavy atom. The monoisotopic (exact) mass is 357 g/mol. The molecule has 0 saturated carbocycles. The first-order chi connectivity index (χ1) is 12.4. The summed E-state index contributed by atoms with van der Waals surface area (Å²) in [6, 6.07) is 3.84. The number of nitrogens with zero attached hydrogens (tertiary/aromatic N) is 7. The van der Waals surface area contributed by atoms with Gasteiger partial charge in [0, 0.05) is 38.0 Å². The van der Waals surface area contributed by atoms with Crippen molar-refractivity contribution < 1.29 is 9.53 Å². The van der Waals surface area contributed by atoms with Crippen molar-refractivity contribution in [1.29, 1.82) is 0 Å². The number of hydrogen-bond acceptors (Lipinski definition) is 7. The van der Waals surface area contributed by atoms with E-state index in [9.17, 15) is 4.79 Å². The molecule has 2 aromatic heterocycles. The lowest BCUT2D eigenvalue weighted by atomic mass is 10.0. The molecular formula is C17H23N7O2. The molecule has 1 amide bonds. The molecule has 26 heavy (non-hydrogen) atoms. The minimum Gasteiger partial charge on any atom is -0.444 e. The van der Waals surface area contributed by atoms with Crippen molar-refractivity contribution in [2.75, 3.05) is 31.1 Å². The van der Waals surface area contributed by atoms with Gasteiger partial charge in [-0.15, -0.1) is 10.2 Å². The molecule has 4 rings (SSSR count). The quantitative estimate of drug-likeness (QED) is 0.801. The van der Waals surface area contributed by atoms with E-state index in [0.717, 1.165) is 32.0 Å². The molecule has 9 heteroatoms. The van der Waals surface area contributed by atoms with Crippen LogP contribution < -0.4 is 4.90 Å². The Bertz CT molecular complexity index is 755. The molecule has 0 bridgehead atoms. The third kappa shape index (κ3) is 3.33. The second kappa shape index (κ2) is 6.22. The Hall–Kier alpha value is -2.71. The highest BCUT2D eigenvalue weighted by molar-refractivity contribution is 5.68. The van der Waals surface area contributed by atoms with Gasteiger partial charge in [-0.2, -0.15) is 5.10 Å². The molecule has 0 aliphatic carbocycles. The molecule has 2 aliphatic heterocycles. The second-order valence-electron chi connectivity index (χ2n) is 7.90. The summed E-state index contributed by atoms with van der Waals surface area (Å²) in [4.78, 5) is 20.2. The molecule has 4 heterocycles. The number of anilines is 1. The molecule has 0 N–H and O–H groups in total. The van der Waals surface area contributed by atoms with E-state index in [1.54, 1.807) is 11.0 Å². The minimum absolute atomic E-state index is 0.213. The van der Waals surface area contributed by atoms with Crippen LogP contribution in [-0.2, 0) is 4.74 Å². The SMILES string of the molecule is CC(C)(C)OC(=O)N1CC2CN(c3ccc(-n4cncn4)nn3)CC2C1. The first kappa shape index (κ1) is 16.7. The molecular weight excluding hydrogens is 334 g/mol. The van der Waals surface area contributed by atoms with Gasteiger partial charge in [0.05, 0.1) is 0 Å². The summed E-state index contributed by atoms with van der Waals surface area (Å²) in [6.45, 7) is 8.91. The third-order valence-corrected chi connectivity index (χ3v) is 4.75. The highest BCUT2D eigenvalue weighted by Gasteiger charge is 2.43. The topological polar surface area (TPSA) is 89.3 Å². The summed E-state index contributed by atoms with van der Waals surface area (Å²) in [6.07, 6.45) is 2.85. The number of hydrogen-bond donors (Lipinski definition) is 0. The zero-order valence-corrected chi connectivity index (χ0v) is 15.2. The van der Waals surface area contributed by atoms with Gasteiger partial charge in [0.1, 0.15) is 18.3 Å². The molecule has 2 aromatic rings. The largest absolute Gasteiger partial charge is 0.444 e. The van der Waals surface area contributed by atoms with E-state index >= 15 is 0 Å². The lowest BCUT2D eigenvalue weighted by molar-refractivity contribution is 0.0282. The first-order valence-corrected chi connectivity index (χ1v) is 8.81. The normalized spacial score (nSPS) is 22.6. The maximum atomic E-state index is 12.2. The summed E-state index contributed by atoms with van der Waals surface area (Å²) >= 11 is 0. The van der Waals surface area contributed by atoms with Crippen molar-refractivity contribution in [2.45, 2.75) is 26.4 Å². The fraction of sp³-hybridized carbons (Fsp3) is 0.588. The first-order valence-electron chi connectivity index (χ1n) is 8.81. The van der Waals surface area contributed by atoms with Gasteiger partial charge in [0.25, 0.3) is 0 Å². The Kier molecular flexibility index (Phi) is 4.01. The molecule has 2 unspecified atom stereocenters. The molecule has 2 atom stereocenters. The molecule has 138 valence electrons. The summed E-state index contributed by atoms with van der Waals surface area (Å²) in [5.74, 6) is 2.38. The lowest BCUT2D eigenvalue weighted by Crippen LogP contribution is -2.37. The lowest BCUT2D eigenvalue weighted by Gasteiger charge is -2.26. The van der Waals surface area contributed by atoms with Crippen LogP contribution in [0.3, 0.4) is 0 Å². The summed E-state index contributed by atoms with van der Waals surface area (Å²) in [5.41, 5.74) is -0.456. The Morgan fingerprint density at radius 1 is 1.08 bits per heavy atom. The van der Waals surface area contributed by atoms with Crippen molar-refractivity contribution in [3.8, 4) is 5.82 Å². The zero-order chi connectivity index (χ0) is 18.3. The van der Waals surface area contributed by atoms with Crippen molar-refractivity contribution in [1.82, 2.24) is 29.9 Å². The van der Waals surface area contributed by atoms with E-state index in [-0.39, 0.29) is 6.09 Å². The third-order valence-electron chi connectivity index (χ3n) is 4.75. The molecule has 0 spiro atoms. The summed E-state index contributed by atoms with van der Waals surface area (Å²) in [7, 11) is 0. The summed E-state index contributed by atoms with van der Waals surface area (Å²) < 4.78 is 7.06. The maximum absolute atomic E-state index is 12.2. The Morgan fingerprint density at radius 3 is 2.27 bits per heavy atom. The predicted molar refractivity (Wildman–Crippen MR) is 93.9 cm³/mol.